The van der Waals surface area contributed by atoms with Gasteiger partial charge in [0.15, 0.2) is 0 Å². The van der Waals surface area contributed by atoms with Crippen LogP contribution in [0.1, 0.15) is 21.5 Å². The summed E-state index contributed by atoms with van der Waals surface area (Å²) in [5.41, 5.74) is 2.28. The normalized spacial score (nSPS) is 11.3. The van der Waals surface area contributed by atoms with Gasteiger partial charge in [0.05, 0.1) is 4.90 Å². The van der Waals surface area contributed by atoms with Crippen LogP contribution in [0.4, 0.5) is 5.69 Å². The molecule has 5 nitrogen and oxygen atoms in total. The number of sulfonamides is 1. The molecule has 0 unspecified atom stereocenters. The number of aryl methyl sites for hydroxylation is 2. The summed E-state index contributed by atoms with van der Waals surface area (Å²) in [6.45, 7) is 3.49. The first-order valence-corrected chi connectivity index (χ1v) is 8.73. The summed E-state index contributed by atoms with van der Waals surface area (Å²) in [5.74, 6) is -0.393. The summed E-state index contributed by atoms with van der Waals surface area (Å²) in [6, 6.07) is 9.87. The molecule has 2 aromatic rings. The standard InChI is InChI=1S/C15H15BrN2O3S/c1-9-3-4-11(8-14(9)22(17,20)21)15(19)18-13-6-5-12(16)7-10(13)2/h3-8H,1-2H3,(H,18,19)(H2,17,20,21). The second-order valence-corrected chi connectivity index (χ2v) is 7.38. The van der Waals surface area contributed by atoms with Crippen LogP contribution in [0, 0.1) is 13.8 Å². The Bertz CT molecular complexity index is 848. The molecule has 0 spiro atoms. The predicted octanol–water partition coefficient (Wildman–Crippen LogP) is 2.97. The molecular weight excluding hydrogens is 368 g/mol. The van der Waals surface area contributed by atoms with E-state index in [0.717, 1.165) is 10.0 Å². The van der Waals surface area contributed by atoms with Crippen LogP contribution in [0.3, 0.4) is 0 Å². The molecule has 0 aromatic heterocycles. The first kappa shape index (κ1) is 16.7. The molecule has 0 aliphatic heterocycles. The zero-order chi connectivity index (χ0) is 16.5. The van der Waals surface area contributed by atoms with Crippen molar-refractivity contribution in [2.24, 2.45) is 5.14 Å². The lowest BCUT2D eigenvalue weighted by Crippen LogP contribution is -2.17. The number of nitrogens with one attached hydrogen (secondary N) is 1. The van der Waals surface area contributed by atoms with Crippen molar-refractivity contribution in [3.63, 3.8) is 0 Å². The van der Waals surface area contributed by atoms with Gasteiger partial charge in [0, 0.05) is 15.7 Å². The molecule has 0 heterocycles. The van der Waals surface area contributed by atoms with E-state index < -0.39 is 15.9 Å². The molecule has 0 aliphatic carbocycles. The molecule has 0 aliphatic rings. The highest BCUT2D eigenvalue weighted by Gasteiger charge is 2.15. The average Bonchev–Trinajstić information content (AvgIpc) is 2.41. The molecule has 0 atom stereocenters. The zero-order valence-corrected chi connectivity index (χ0v) is 14.5. The summed E-state index contributed by atoms with van der Waals surface area (Å²) < 4.78 is 24.0. The van der Waals surface area contributed by atoms with Gasteiger partial charge < -0.3 is 5.32 Å². The zero-order valence-electron chi connectivity index (χ0n) is 12.1. The van der Waals surface area contributed by atoms with Crippen LogP contribution in [0.25, 0.3) is 0 Å². The number of hydrogen-bond donors (Lipinski definition) is 2. The maximum Gasteiger partial charge on any atom is 0.255 e. The molecule has 0 radical (unpaired) electrons. The number of benzene rings is 2. The predicted molar refractivity (Wildman–Crippen MR) is 89.4 cm³/mol. The summed E-state index contributed by atoms with van der Waals surface area (Å²) in [4.78, 5) is 12.2. The molecule has 0 fully saturated rings. The van der Waals surface area contributed by atoms with Gasteiger partial charge in [0.2, 0.25) is 10.0 Å². The number of carbonyl (C=O) groups is 1. The summed E-state index contributed by atoms with van der Waals surface area (Å²) >= 11 is 3.35. The van der Waals surface area contributed by atoms with Crippen LogP contribution in [-0.4, -0.2) is 14.3 Å². The third-order valence-electron chi connectivity index (χ3n) is 3.19. The highest BCUT2D eigenvalue weighted by molar-refractivity contribution is 9.10. The Labute approximate surface area is 137 Å². The number of carbonyl (C=O) groups excluding carboxylic acids is 1. The van der Waals surface area contributed by atoms with Crippen LogP contribution in [0.2, 0.25) is 0 Å². The summed E-state index contributed by atoms with van der Waals surface area (Å²) in [7, 11) is -3.86. The van der Waals surface area contributed by atoms with Crippen LogP contribution >= 0.6 is 15.9 Å². The third-order valence-corrected chi connectivity index (χ3v) is 4.74. The largest absolute Gasteiger partial charge is 0.322 e. The number of rotatable bonds is 3. The van der Waals surface area contributed by atoms with Crippen molar-refractivity contribution in [1.82, 2.24) is 0 Å². The molecule has 2 aromatic carbocycles. The molecule has 0 saturated carbocycles. The minimum atomic E-state index is -3.86. The SMILES string of the molecule is Cc1cc(Br)ccc1NC(=O)c1ccc(C)c(S(N)(=O)=O)c1. The maximum atomic E-state index is 12.3. The fourth-order valence-electron chi connectivity index (χ4n) is 2.01. The van der Waals surface area contributed by atoms with E-state index in [1.54, 1.807) is 25.1 Å². The Morgan fingerprint density at radius 3 is 2.36 bits per heavy atom. The van der Waals surface area contributed by atoms with Gasteiger partial charge in [-0.25, -0.2) is 13.6 Å². The summed E-state index contributed by atoms with van der Waals surface area (Å²) in [5, 5.41) is 7.91. The quantitative estimate of drug-likeness (QED) is 0.854. The van der Waals surface area contributed by atoms with Gasteiger partial charge >= 0.3 is 0 Å². The van der Waals surface area contributed by atoms with Crippen LogP contribution in [-0.2, 0) is 10.0 Å². The van der Waals surface area contributed by atoms with Crippen LogP contribution in [0.5, 0.6) is 0 Å². The van der Waals surface area contributed by atoms with E-state index in [4.69, 9.17) is 5.14 Å². The molecule has 3 N–H and O–H groups in total. The monoisotopic (exact) mass is 382 g/mol. The van der Waals surface area contributed by atoms with Gasteiger partial charge in [0.25, 0.3) is 5.91 Å². The van der Waals surface area contributed by atoms with Crippen molar-refractivity contribution in [3.05, 3.63) is 57.6 Å². The van der Waals surface area contributed by atoms with Crippen molar-refractivity contribution < 1.29 is 13.2 Å². The number of hydrogen-bond acceptors (Lipinski definition) is 3. The summed E-state index contributed by atoms with van der Waals surface area (Å²) in [6.07, 6.45) is 0. The molecule has 116 valence electrons. The Hall–Kier alpha value is -1.70. The number of nitrogens with two attached hydrogens (primary N) is 1. The van der Waals surface area contributed by atoms with E-state index in [2.05, 4.69) is 21.2 Å². The van der Waals surface area contributed by atoms with E-state index in [-0.39, 0.29) is 10.5 Å². The average molecular weight is 383 g/mol. The van der Waals surface area contributed by atoms with Crippen LogP contribution < -0.4 is 10.5 Å². The second kappa shape index (κ2) is 6.20. The van der Waals surface area contributed by atoms with Crippen molar-refractivity contribution in [1.29, 1.82) is 0 Å². The van der Waals surface area contributed by atoms with Gasteiger partial charge in [-0.05, 0) is 55.3 Å². The first-order chi connectivity index (χ1) is 10.2. The maximum absolute atomic E-state index is 12.3. The molecule has 7 heteroatoms. The lowest BCUT2D eigenvalue weighted by molar-refractivity contribution is 0.102. The fourth-order valence-corrected chi connectivity index (χ4v) is 3.29. The van der Waals surface area contributed by atoms with E-state index in [9.17, 15) is 13.2 Å². The minimum absolute atomic E-state index is 0.0484. The van der Waals surface area contributed by atoms with Gasteiger partial charge in [-0.1, -0.05) is 22.0 Å². The Morgan fingerprint density at radius 1 is 1.09 bits per heavy atom. The van der Waals surface area contributed by atoms with Gasteiger partial charge in [-0.3, -0.25) is 4.79 Å². The Kier molecular flexibility index (Phi) is 4.69. The molecule has 1 amide bonds. The number of halogens is 1. The molecular formula is C15H15BrN2O3S. The molecule has 0 bridgehead atoms. The second-order valence-electron chi connectivity index (χ2n) is 4.94. The number of primary sulfonamides is 1. The third kappa shape index (κ3) is 3.73. The van der Waals surface area contributed by atoms with E-state index in [1.165, 1.54) is 6.07 Å². The highest BCUT2D eigenvalue weighted by atomic mass is 79.9. The van der Waals surface area contributed by atoms with Gasteiger partial charge in [0.1, 0.15) is 0 Å². The minimum Gasteiger partial charge on any atom is -0.322 e. The number of anilines is 1. The van der Waals surface area contributed by atoms with E-state index >= 15 is 0 Å². The van der Waals surface area contributed by atoms with Crippen molar-refractivity contribution >= 4 is 37.5 Å². The molecule has 22 heavy (non-hydrogen) atoms. The fraction of sp³-hybridized carbons (Fsp3) is 0.133. The highest BCUT2D eigenvalue weighted by Crippen LogP contribution is 2.21. The van der Waals surface area contributed by atoms with Gasteiger partial charge in [-0.15, -0.1) is 0 Å². The Balaban J connectivity index is 2.34. The van der Waals surface area contributed by atoms with Gasteiger partial charge in [-0.2, -0.15) is 0 Å². The lowest BCUT2D eigenvalue weighted by atomic mass is 10.1. The smallest absolute Gasteiger partial charge is 0.255 e. The molecule has 2 rings (SSSR count). The Morgan fingerprint density at radius 2 is 1.77 bits per heavy atom. The van der Waals surface area contributed by atoms with Crippen molar-refractivity contribution in [2.75, 3.05) is 5.32 Å². The molecule has 0 saturated heterocycles. The first-order valence-electron chi connectivity index (χ1n) is 6.39. The topological polar surface area (TPSA) is 89.3 Å². The van der Waals surface area contributed by atoms with Crippen LogP contribution in [0.15, 0.2) is 45.8 Å². The van der Waals surface area contributed by atoms with Crippen molar-refractivity contribution in [2.45, 2.75) is 18.7 Å². The van der Waals surface area contributed by atoms with E-state index in [1.807, 2.05) is 19.1 Å². The lowest BCUT2D eigenvalue weighted by Gasteiger charge is -2.10. The number of amides is 1. The van der Waals surface area contributed by atoms with E-state index in [0.29, 0.717) is 11.3 Å². The van der Waals surface area contributed by atoms with Crippen molar-refractivity contribution in [3.8, 4) is 0 Å².